The molecule has 6 heteroatoms. The summed E-state index contributed by atoms with van der Waals surface area (Å²) in [6.45, 7) is 3.67. The number of ether oxygens (including phenoxy) is 1. The molecule has 2 aromatic carbocycles. The van der Waals surface area contributed by atoms with Crippen LogP contribution < -0.4 is 9.64 Å². The van der Waals surface area contributed by atoms with E-state index in [-0.39, 0.29) is 17.3 Å². The maximum absolute atomic E-state index is 13.7. The summed E-state index contributed by atoms with van der Waals surface area (Å²) in [7, 11) is 3.70. The zero-order valence-corrected chi connectivity index (χ0v) is 16.4. The first-order valence-electron chi connectivity index (χ1n) is 9.62. The fraction of sp³-hybridized carbons (Fsp3) is 0.409. The third-order valence-corrected chi connectivity index (χ3v) is 6.03. The molecule has 2 aliphatic heterocycles. The monoisotopic (exact) mass is 383 g/mol. The molecular weight excluding hydrogens is 357 g/mol. The highest BCUT2D eigenvalue weighted by atomic mass is 19.1. The molecule has 5 nitrogen and oxygen atoms in total. The van der Waals surface area contributed by atoms with Crippen molar-refractivity contribution in [1.29, 1.82) is 0 Å². The number of hydrogen-bond acceptors (Lipinski definition) is 4. The molecule has 1 unspecified atom stereocenters. The average Bonchev–Trinajstić information content (AvgIpc) is 3.09. The minimum absolute atomic E-state index is 0.0207. The van der Waals surface area contributed by atoms with Crippen LogP contribution in [0.25, 0.3) is 0 Å². The second-order valence-electron chi connectivity index (χ2n) is 7.85. The number of rotatable bonds is 4. The maximum Gasteiger partial charge on any atom is 0.241 e. The molecule has 28 heavy (non-hydrogen) atoms. The van der Waals surface area contributed by atoms with Crippen LogP contribution in [0, 0.1) is 5.82 Å². The van der Waals surface area contributed by atoms with Gasteiger partial charge < -0.3 is 9.64 Å². The molecule has 2 aliphatic rings. The maximum atomic E-state index is 13.7. The number of benzene rings is 2. The molecule has 0 radical (unpaired) electrons. The Kier molecular flexibility index (Phi) is 5.08. The van der Waals surface area contributed by atoms with Crippen LogP contribution in [0.1, 0.15) is 12.0 Å². The SMILES string of the molecule is COc1ccc(CN2CCC3(C2)CN(c2cccc(F)c2)C(=O)CN3C)cc1. The van der Waals surface area contributed by atoms with Gasteiger partial charge in [-0.3, -0.25) is 14.6 Å². The summed E-state index contributed by atoms with van der Waals surface area (Å²) in [5.74, 6) is 0.566. The molecule has 2 fully saturated rings. The van der Waals surface area contributed by atoms with Crippen LogP contribution in [0.3, 0.4) is 0 Å². The van der Waals surface area contributed by atoms with Gasteiger partial charge in [0.15, 0.2) is 0 Å². The van der Waals surface area contributed by atoms with Gasteiger partial charge in [0.2, 0.25) is 5.91 Å². The number of hydrogen-bond donors (Lipinski definition) is 0. The normalized spacial score (nSPS) is 23.5. The summed E-state index contributed by atoms with van der Waals surface area (Å²) in [6.07, 6.45) is 0.985. The number of nitrogens with zero attached hydrogens (tertiary/aromatic N) is 3. The molecule has 2 heterocycles. The van der Waals surface area contributed by atoms with Gasteiger partial charge >= 0.3 is 0 Å². The van der Waals surface area contributed by atoms with E-state index in [0.29, 0.717) is 18.8 Å². The first-order chi connectivity index (χ1) is 13.5. The van der Waals surface area contributed by atoms with Crippen molar-refractivity contribution in [3.63, 3.8) is 0 Å². The highest BCUT2D eigenvalue weighted by Crippen LogP contribution is 2.34. The smallest absolute Gasteiger partial charge is 0.241 e. The van der Waals surface area contributed by atoms with Crippen molar-refractivity contribution in [2.45, 2.75) is 18.5 Å². The van der Waals surface area contributed by atoms with Crippen LogP contribution in [-0.4, -0.2) is 61.6 Å². The van der Waals surface area contributed by atoms with E-state index in [9.17, 15) is 9.18 Å². The Morgan fingerprint density at radius 1 is 1.14 bits per heavy atom. The molecule has 1 amide bonds. The second-order valence-corrected chi connectivity index (χ2v) is 7.85. The molecule has 0 bridgehead atoms. The largest absolute Gasteiger partial charge is 0.497 e. The first kappa shape index (κ1) is 18.9. The highest BCUT2D eigenvalue weighted by molar-refractivity contribution is 5.96. The Bertz CT molecular complexity index is 857. The van der Waals surface area contributed by atoms with Gasteiger partial charge in [0.25, 0.3) is 0 Å². The van der Waals surface area contributed by atoms with Crippen LogP contribution in [-0.2, 0) is 11.3 Å². The molecule has 0 aromatic heterocycles. The zero-order valence-electron chi connectivity index (χ0n) is 16.4. The lowest BCUT2D eigenvalue weighted by molar-refractivity contribution is -0.123. The molecule has 0 aliphatic carbocycles. The molecule has 148 valence electrons. The van der Waals surface area contributed by atoms with Gasteiger partial charge in [0.1, 0.15) is 11.6 Å². The minimum Gasteiger partial charge on any atom is -0.497 e. The predicted molar refractivity (Wildman–Crippen MR) is 107 cm³/mol. The zero-order chi connectivity index (χ0) is 19.7. The Hall–Kier alpha value is -2.44. The van der Waals surface area contributed by atoms with Gasteiger partial charge in [0, 0.05) is 31.9 Å². The van der Waals surface area contributed by atoms with Gasteiger partial charge in [-0.15, -0.1) is 0 Å². The third kappa shape index (κ3) is 3.62. The van der Waals surface area contributed by atoms with E-state index in [4.69, 9.17) is 4.74 Å². The summed E-state index contributed by atoms with van der Waals surface area (Å²) in [5, 5.41) is 0. The fourth-order valence-electron chi connectivity index (χ4n) is 4.34. The van der Waals surface area contributed by atoms with Gasteiger partial charge in [-0.25, -0.2) is 4.39 Å². The molecule has 2 saturated heterocycles. The van der Waals surface area contributed by atoms with Crippen LogP contribution in [0.15, 0.2) is 48.5 Å². The van der Waals surface area contributed by atoms with E-state index >= 15 is 0 Å². The van der Waals surface area contributed by atoms with Gasteiger partial charge in [-0.2, -0.15) is 0 Å². The number of anilines is 1. The first-order valence-corrected chi connectivity index (χ1v) is 9.62. The van der Waals surface area contributed by atoms with Crippen LogP contribution in [0.4, 0.5) is 10.1 Å². The van der Waals surface area contributed by atoms with E-state index in [1.807, 2.05) is 25.2 Å². The third-order valence-electron chi connectivity index (χ3n) is 6.03. The van der Waals surface area contributed by atoms with E-state index in [1.54, 1.807) is 18.1 Å². The molecule has 4 rings (SSSR count). The summed E-state index contributed by atoms with van der Waals surface area (Å²) in [5.41, 5.74) is 1.78. The summed E-state index contributed by atoms with van der Waals surface area (Å²) < 4.78 is 18.9. The molecule has 2 aromatic rings. The number of halogens is 1. The lowest BCUT2D eigenvalue weighted by Gasteiger charge is -2.47. The van der Waals surface area contributed by atoms with Crippen molar-refractivity contribution in [3.05, 3.63) is 59.9 Å². The Morgan fingerprint density at radius 3 is 2.64 bits per heavy atom. The van der Waals surface area contributed by atoms with Crippen molar-refractivity contribution < 1.29 is 13.9 Å². The number of methoxy groups -OCH3 is 1. The fourth-order valence-corrected chi connectivity index (χ4v) is 4.34. The van der Waals surface area contributed by atoms with Gasteiger partial charge in [0.05, 0.1) is 19.2 Å². The molecule has 0 saturated carbocycles. The Morgan fingerprint density at radius 2 is 1.93 bits per heavy atom. The second kappa shape index (κ2) is 7.53. The van der Waals surface area contributed by atoms with E-state index < -0.39 is 0 Å². The van der Waals surface area contributed by atoms with Crippen molar-refractivity contribution in [2.24, 2.45) is 0 Å². The number of likely N-dealkylation sites (N-methyl/N-ethyl adjacent to an activating group) is 1. The number of likely N-dealkylation sites (tertiary alicyclic amines) is 1. The Balaban J connectivity index is 1.49. The van der Waals surface area contributed by atoms with E-state index in [2.05, 4.69) is 21.9 Å². The predicted octanol–water partition coefficient (Wildman–Crippen LogP) is 2.76. The van der Waals surface area contributed by atoms with Crippen LogP contribution >= 0.6 is 0 Å². The summed E-state index contributed by atoms with van der Waals surface area (Å²) >= 11 is 0. The topological polar surface area (TPSA) is 36.0 Å². The standard InChI is InChI=1S/C22H26FN3O2/c1-24-14-21(27)26(19-5-3-4-18(23)12-19)16-22(24)10-11-25(15-22)13-17-6-8-20(28-2)9-7-17/h3-9,12H,10-11,13-16H2,1-2H3. The molecule has 1 atom stereocenters. The van der Waals surface area contributed by atoms with Crippen molar-refractivity contribution in [2.75, 3.05) is 45.2 Å². The quantitative estimate of drug-likeness (QED) is 0.814. The number of carbonyl (C=O) groups excluding carboxylic acids is 1. The minimum atomic E-state index is -0.314. The van der Waals surface area contributed by atoms with Crippen molar-refractivity contribution in [1.82, 2.24) is 9.80 Å². The van der Waals surface area contributed by atoms with Gasteiger partial charge in [-0.1, -0.05) is 18.2 Å². The summed E-state index contributed by atoms with van der Waals surface area (Å²) in [6, 6.07) is 14.5. The Labute approximate surface area is 165 Å². The number of amides is 1. The van der Waals surface area contributed by atoms with Crippen molar-refractivity contribution in [3.8, 4) is 5.75 Å². The van der Waals surface area contributed by atoms with Crippen molar-refractivity contribution >= 4 is 11.6 Å². The molecule has 0 N–H and O–H groups in total. The lowest BCUT2D eigenvalue weighted by atomic mass is 9.92. The van der Waals surface area contributed by atoms with E-state index in [0.717, 1.165) is 31.8 Å². The number of piperazine rings is 1. The molecule has 1 spiro atoms. The molecular formula is C22H26FN3O2. The number of carbonyl (C=O) groups is 1. The summed E-state index contributed by atoms with van der Waals surface area (Å²) in [4.78, 5) is 19.0. The van der Waals surface area contributed by atoms with E-state index in [1.165, 1.54) is 17.7 Å². The van der Waals surface area contributed by atoms with Crippen LogP contribution in [0.5, 0.6) is 5.75 Å². The van der Waals surface area contributed by atoms with Crippen LogP contribution in [0.2, 0.25) is 0 Å². The lowest BCUT2D eigenvalue weighted by Crippen LogP contribution is -2.64. The highest BCUT2D eigenvalue weighted by Gasteiger charge is 2.47. The van der Waals surface area contributed by atoms with Gasteiger partial charge in [-0.05, 0) is 49.4 Å². The average molecular weight is 383 g/mol.